The minimum absolute atomic E-state index is 0.0979. The quantitative estimate of drug-likeness (QED) is 0.527. The number of carbonyl (C=O) groups is 1. The number of fused-ring (bicyclic) bond motifs is 1. The Morgan fingerprint density at radius 2 is 1.88 bits per heavy atom. The Labute approximate surface area is 201 Å². The molecule has 0 spiro atoms. The monoisotopic (exact) mass is 457 g/mol. The number of nitrogens with zero attached hydrogens (tertiary/aromatic N) is 3. The second-order valence-electron chi connectivity index (χ2n) is 9.42. The summed E-state index contributed by atoms with van der Waals surface area (Å²) in [6.45, 7) is 8.12. The highest BCUT2D eigenvalue weighted by Crippen LogP contribution is 2.36. The molecule has 2 atom stereocenters. The number of benzene rings is 2. The summed E-state index contributed by atoms with van der Waals surface area (Å²) in [5.74, 6) is 2.44. The minimum Gasteiger partial charge on any atom is -0.454 e. The number of carbonyl (C=O) groups excluding carboxylic acids is 1. The Kier molecular flexibility index (Phi) is 6.50. The first-order valence-corrected chi connectivity index (χ1v) is 11.9. The van der Waals surface area contributed by atoms with Crippen molar-refractivity contribution < 1.29 is 14.3 Å². The Morgan fingerprint density at radius 3 is 2.65 bits per heavy atom. The number of aromatic nitrogens is 1. The number of aryl methyl sites for hydroxylation is 1. The molecule has 6 nitrogen and oxygen atoms in total. The average Bonchev–Trinajstić information content (AvgIpc) is 3.46. The standard InChI is InChI=1S/C28H31N3O3/c1-20-5-8-24(9-6-20)26-18-30(14-22-7-10-27-28(12-22)34-19-33-27)16-25(26)17-31(21(2)32)15-23-4-3-11-29-13-23/h3-13,25-26H,14-19H2,1-2H3. The van der Waals surface area contributed by atoms with Gasteiger partial charge in [-0.05, 0) is 47.7 Å². The number of ether oxygens (including phenoxy) is 2. The van der Waals surface area contributed by atoms with Crippen LogP contribution in [0.4, 0.5) is 0 Å². The lowest BCUT2D eigenvalue weighted by Gasteiger charge is -2.28. The van der Waals surface area contributed by atoms with Gasteiger partial charge in [0, 0.05) is 58.0 Å². The highest BCUT2D eigenvalue weighted by Gasteiger charge is 2.35. The van der Waals surface area contributed by atoms with Crippen LogP contribution in [0.5, 0.6) is 11.5 Å². The molecule has 2 aromatic carbocycles. The van der Waals surface area contributed by atoms with Gasteiger partial charge in [-0.15, -0.1) is 0 Å². The van der Waals surface area contributed by atoms with Gasteiger partial charge in [0.1, 0.15) is 0 Å². The van der Waals surface area contributed by atoms with E-state index in [0.717, 1.165) is 43.2 Å². The topological polar surface area (TPSA) is 54.9 Å². The molecule has 2 unspecified atom stereocenters. The van der Waals surface area contributed by atoms with E-state index in [4.69, 9.17) is 9.47 Å². The summed E-state index contributed by atoms with van der Waals surface area (Å²) >= 11 is 0. The highest BCUT2D eigenvalue weighted by molar-refractivity contribution is 5.73. The Balaban J connectivity index is 1.35. The van der Waals surface area contributed by atoms with Crippen LogP contribution in [0.15, 0.2) is 67.0 Å². The summed E-state index contributed by atoms with van der Waals surface area (Å²) < 4.78 is 11.0. The number of hydrogen-bond donors (Lipinski definition) is 0. The van der Waals surface area contributed by atoms with Crippen molar-refractivity contribution in [2.24, 2.45) is 5.92 Å². The predicted octanol–water partition coefficient (Wildman–Crippen LogP) is 4.38. The molecular weight excluding hydrogens is 426 g/mol. The number of amides is 1. The van der Waals surface area contributed by atoms with Crippen molar-refractivity contribution in [1.29, 1.82) is 0 Å². The fourth-order valence-corrected chi connectivity index (χ4v) is 5.06. The van der Waals surface area contributed by atoms with E-state index >= 15 is 0 Å². The molecule has 0 radical (unpaired) electrons. The number of pyridine rings is 1. The summed E-state index contributed by atoms with van der Waals surface area (Å²) in [5, 5.41) is 0. The largest absolute Gasteiger partial charge is 0.454 e. The van der Waals surface area contributed by atoms with Crippen molar-refractivity contribution in [3.63, 3.8) is 0 Å². The smallest absolute Gasteiger partial charge is 0.231 e. The van der Waals surface area contributed by atoms with E-state index in [9.17, 15) is 4.79 Å². The maximum absolute atomic E-state index is 12.6. The van der Waals surface area contributed by atoms with Crippen LogP contribution in [-0.4, -0.2) is 47.1 Å². The van der Waals surface area contributed by atoms with Gasteiger partial charge in [0.25, 0.3) is 0 Å². The van der Waals surface area contributed by atoms with Crippen LogP contribution >= 0.6 is 0 Å². The number of hydrogen-bond acceptors (Lipinski definition) is 5. The zero-order chi connectivity index (χ0) is 23.5. The minimum atomic E-state index is 0.0979. The molecule has 0 bridgehead atoms. The molecule has 1 fully saturated rings. The van der Waals surface area contributed by atoms with Gasteiger partial charge < -0.3 is 14.4 Å². The van der Waals surface area contributed by atoms with E-state index in [2.05, 4.69) is 53.2 Å². The summed E-state index contributed by atoms with van der Waals surface area (Å²) in [5.41, 5.74) is 4.87. The van der Waals surface area contributed by atoms with Gasteiger partial charge in [-0.2, -0.15) is 0 Å². The molecule has 0 aliphatic carbocycles. The lowest BCUT2D eigenvalue weighted by atomic mass is 9.88. The summed E-state index contributed by atoms with van der Waals surface area (Å²) in [6.07, 6.45) is 3.61. The number of rotatable bonds is 7. The highest BCUT2D eigenvalue weighted by atomic mass is 16.7. The fourth-order valence-electron chi connectivity index (χ4n) is 5.06. The van der Waals surface area contributed by atoms with E-state index in [0.29, 0.717) is 18.4 Å². The van der Waals surface area contributed by atoms with E-state index in [1.54, 1.807) is 13.1 Å². The van der Waals surface area contributed by atoms with Crippen molar-refractivity contribution in [1.82, 2.24) is 14.8 Å². The molecule has 2 aliphatic rings. The second kappa shape index (κ2) is 9.85. The van der Waals surface area contributed by atoms with Gasteiger partial charge in [0.2, 0.25) is 12.7 Å². The van der Waals surface area contributed by atoms with Crippen molar-refractivity contribution in [2.75, 3.05) is 26.4 Å². The van der Waals surface area contributed by atoms with E-state index in [1.807, 2.05) is 29.3 Å². The van der Waals surface area contributed by atoms with Crippen LogP contribution in [0.25, 0.3) is 0 Å². The molecule has 0 N–H and O–H groups in total. The fraction of sp³-hybridized carbons (Fsp3) is 0.357. The van der Waals surface area contributed by atoms with Crippen LogP contribution in [0, 0.1) is 12.8 Å². The van der Waals surface area contributed by atoms with Gasteiger partial charge in [-0.3, -0.25) is 14.7 Å². The van der Waals surface area contributed by atoms with Crippen LogP contribution in [0.2, 0.25) is 0 Å². The third-order valence-electron chi connectivity index (χ3n) is 6.86. The first-order valence-electron chi connectivity index (χ1n) is 11.9. The van der Waals surface area contributed by atoms with E-state index in [-0.39, 0.29) is 12.7 Å². The van der Waals surface area contributed by atoms with Gasteiger partial charge in [0.15, 0.2) is 11.5 Å². The molecule has 0 saturated carbocycles. The lowest BCUT2D eigenvalue weighted by Crippen LogP contribution is -2.35. The van der Waals surface area contributed by atoms with Gasteiger partial charge in [-0.1, -0.05) is 42.0 Å². The predicted molar refractivity (Wildman–Crippen MR) is 131 cm³/mol. The summed E-state index contributed by atoms with van der Waals surface area (Å²) in [4.78, 5) is 21.2. The number of likely N-dealkylation sites (tertiary alicyclic amines) is 1. The van der Waals surface area contributed by atoms with Crippen LogP contribution in [0.3, 0.4) is 0 Å². The Morgan fingerprint density at radius 1 is 1.06 bits per heavy atom. The molecule has 3 aromatic rings. The summed E-state index contributed by atoms with van der Waals surface area (Å²) in [7, 11) is 0. The van der Waals surface area contributed by atoms with Crippen LogP contribution in [0.1, 0.15) is 35.1 Å². The second-order valence-corrected chi connectivity index (χ2v) is 9.42. The third-order valence-corrected chi connectivity index (χ3v) is 6.86. The molecule has 1 aromatic heterocycles. The summed E-state index contributed by atoms with van der Waals surface area (Å²) in [6, 6.07) is 19.0. The van der Waals surface area contributed by atoms with Crippen LogP contribution < -0.4 is 9.47 Å². The normalized spacial score (nSPS) is 19.4. The van der Waals surface area contributed by atoms with Crippen molar-refractivity contribution in [2.45, 2.75) is 32.9 Å². The maximum Gasteiger partial charge on any atom is 0.231 e. The van der Waals surface area contributed by atoms with Gasteiger partial charge >= 0.3 is 0 Å². The van der Waals surface area contributed by atoms with E-state index < -0.39 is 0 Å². The molecule has 6 heteroatoms. The van der Waals surface area contributed by atoms with Crippen LogP contribution in [-0.2, 0) is 17.9 Å². The van der Waals surface area contributed by atoms with Gasteiger partial charge in [0.05, 0.1) is 0 Å². The SMILES string of the molecule is CC(=O)N(Cc1cccnc1)CC1CN(Cc2ccc3c(c2)OCO3)CC1c1ccc(C)cc1. The first-order chi connectivity index (χ1) is 16.5. The van der Waals surface area contributed by atoms with Crippen molar-refractivity contribution >= 4 is 5.91 Å². The van der Waals surface area contributed by atoms with E-state index in [1.165, 1.54) is 16.7 Å². The molecule has 34 heavy (non-hydrogen) atoms. The zero-order valence-electron chi connectivity index (χ0n) is 19.8. The molecule has 1 saturated heterocycles. The molecule has 3 heterocycles. The zero-order valence-corrected chi connectivity index (χ0v) is 19.8. The maximum atomic E-state index is 12.6. The third kappa shape index (κ3) is 5.07. The molecule has 176 valence electrons. The van der Waals surface area contributed by atoms with Gasteiger partial charge in [-0.25, -0.2) is 0 Å². The Bertz CT molecular complexity index is 1130. The van der Waals surface area contributed by atoms with Crippen molar-refractivity contribution in [3.05, 3.63) is 89.2 Å². The molecule has 2 aliphatic heterocycles. The lowest BCUT2D eigenvalue weighted by molar-refractivity contribution is -0.130. The Hall–Kier alpha value is -3.38. The first kappa shape index (κ1) is 22.4. The average molecular weight is 458 g/mol. The molecule has 1 amide bonds. The van der Waals surface area contributed by atoms with Crippen molar-refractivity contribution in [3.8, 4) is 11.5 Å². The molecule has 5 rings (SSSR count). The molecular formula is C28H31N3O3.